The van der Waals surface area contributed by atoms with E-state index in [9.17, 15) is 9.59 Å². The number of aromatic nitrogens is 2. The van der Waals surface area contributed by atoms with Crippen molar-refractivity contribution < 1.29 is 4.79 Å². The summed E-state index contributed by atoms with van der Waals surface area (Å²) in [6.45, 7) is 4.02. The Morgan fingerprint density at radius 2 is 2.00 bits per heavy atom. The fourth-order valence-electron chi connectivity index (χ4n) is 4.05. The first-order valence-electron chi connectivity index (χ1n) is 11.1. The van der Waals surface area contributed by atoms with Crippen LogP contribution in [0, 0.1) is 13.8 Å². The third-order valence-corrected chi connectivity index (χ3v) is 8.93. The van der Waals surface area contributed by atoms with Gasteiger partial charge in [0.1, 0.15) is 4.83 Å². The van der Waals surface area contributed by atoms with E-state index in [0.29, 0.717) is 5.16 Å². The van der Waals surface area contributed by atoms with E-state index in [1.165, 1.54) is 16.6 Å². The van der Waals surface area contributed by atoms with Gasteiger partial charge in [0.25, 0.3) is 11.5 Å². The molecule has 3 heterocycles. The van der Waals surface area contributed by atoms with Crippen LogP contribution in [0.2, 0.25) is 0 Å². The smallest absolute Gasteiger partial charge is 0.267 e. The summed E-state index contributed by atoms with van der Waals surface area (Å²) in [5, 5.41) is 7.33. The normalized spacial score (nSPS) is 13.5. The first kappa shape index (κ1) is 23.0. The van der Waals surface area contributed by atoms with Gasteiger partial charge < -0.3 is 0 Å². The Balaban J connectivity index is 1.45. The van der Waals surface area contributed by atoms with E-state index in [1.54, 1.807) is 33.5 Å². The Hall–Kier alpha value is -2.75. The highest BCUT2D eigenvalue weighted by Crippen LogP contribution is 2.35. The van der Waals surface area contributed by atoms with Crippen molar-refractivity contribution in [3.8, 4) is 5.69 Å². The molecule has 0 saturated heterocycles. The van der Waals surface area contributed by atoms with E-state index in [2.05, 4.69) is 10.5 Å². The summed E-state index contributed by atoms with van der Waals surface area (Å²) in [5.74, 6) is -0.138. The van der Waals surface area contributed by atoms with Crippen LogP contribution in [0.15, 0.2) is 50.8 Å². The monoisotopic (exact) mass is 508 g/mol. The molecule has 0 fully saturated rings. The van der Waals surface area contributed by atoms with Gasteiger partial charge in [-0.25, -0.2) is 10.4 Å². The minimum atomic E-state index is -0.245. The van der Waals surface area contributed by atoms with Crippen molar-refractivity contribution in [1.29, 1.82) is 0 Å². The first-order valence-corrected chi connectivity index (χ1v) is 13.8. The molecule has 5 rings (SSSR count). The number of hydrogen-bond donors (Lipinski definition) is 1. The van der Waals surface area contributed by atoms with Gasteiger partial charge in [0, 0.05) is 9.75 Å². The topological polar surface area (TPSA) is 76.3 Å². The molecular weight excluding hydrogens is 485 g/mol. The number of fused-ring (bicyclic) bond motifs is 3. The average molecular weight is 509 g/mol. The predicted molar refractivity (Wildman–Crippen MR) is 142 cm³/mol. The molecular formula is C25H24N4O2S3. The van der Waals surface area contributed by atoms with Crippen molar-refractivity contribution >= 4 is 56.8 Å². The molecule has 0 spiro atoms. The fourth-order valence-corrected chi connectivity index (χ4v) is 6.94. The molecule has 0 unspecified atom stereocenters. The van der Waals surface area contributed by atoms with Crippen LogP contribution in [0.4, 0.5) is 0 Å². The van der Waals surface area contributed by atoms with Crippen LogP contribution in [0.25, 0.3) is 15.9 Å². The Morgan fingerprint density at radius 1 is 1.21 bits per heavy atom. The van der Waals surface area contributed by atoms with Gasteiger partial charge in [-0.2, -0.15) is 5.10 Å². The first-order chi connectivity index (χ1) is 16.5. The zero-order valence-electron chi connectivity index (χ0n) is 19.0. The number of hydrazone groups is 1. The lowest BCUT2D eigenvalue weighted by atomic mass is 9.97. The lowest BCUT2D eigenvalue weighted by Crippen LogP contribution is -2.24. The maximum absolute atomic E-state index is 13.7. The van der Waals surface area contributed by atoms with Crippen molar-refractivity contribution in [3.05, 3.63) is 72.5 Å². The van der Waals surface area contributed by atoms with Crippen LogP contribution in [0.3, 0.4) is 0 Å². The zero-order chi connectivity index (χ0) is 23.7. The summed E-state index contributed by atoms with van der Waals surface area (Å²) in [5.41, 5.74) is 6.69. The Morgan fingerprint density at radius 3 is 2.76 bits per heavy atom. The fraction of sp³-hybridized carbons (Fsp3) is 0.280. The summed E-state index contributed by atoms with van der Waals surface area (Å²) in [6.07, 6.45) is 5.85. The summed E-state index contributed by atoms with van der Waals surface area (Å²) < 4.78 is 1.65. The van der Waals surface area contributed by atoms with Gasteiger partial charge in [-0.05, 0) is 74.2 Å². The molecule has 1 aromatic carbocycles. The quantitative estimate of drug-likeness (QED) is 0.167. The molecule has 1 N–H and O–H groups in total. The van der Waals surface area contributed by atoms with Crippen LogP contribution in [-0.2, 0) is 17.6 Å². The minimum absolute atomic E-state index is 0.0534. The van der Waals surface area contributed by atoms with Crippen molar-refractivity contribution in [3.63, 3.8) is 0 Å². The van der Waals surface area contributed by atoms with Gasteiger partial charge in [-0.3, -0.25) is 14.2 Å². The molecule has 1 aliphatic carbocycles. The molecule has 1 aliphatic rings. The Kier molecular flexibility index (Phi) is 6.67. The molecule has 0 radical (unpaired) electrons. The Bertz CT molecular complexity index is 1450. The third kappa shape index (κ3) is 4.60. The predicted octanol–water partition coefficient (Wildman–Crippen LogP) is 5.25. The van der Waals surface area contributed by atoms with Gasteiger partial charge in [0.2, 0.25) is 0 Å². The van der Waals surface area contributed by atoms with Crippen LogP contribution < -0.4 is 11.0 Å². The van der Waals surface area contributed by atoms with Crippen LogP contribution in [0.1, 0.15) is 39.3 Å². The van der Waals surface area contributed by atoms with Gasteiger partial charge in [-0.1, -0.05) is 29.5 Å². The molecule has 0 saturated carbocycles. The van der Waals surface area contributed by atoms with E-state index >= 15 is 0 Å². The maximum Gasteiger partial charge on any atom is 0.267 e. The number of nitrogens with one attached hydrogen (secondary N) is 1. The highest BCUT2D eigenvalue weighted by Gasteiger charge is 2.23. The van der Waals surface area contributed by atoms with E-state index in [0.717, 1.165) is 63.2 Å². The second kappa shape index (κ2) is 9.85. The van der Waals surface area contributed by atoms with E-state index in [1.807, 2.05) is 49.6 Å². The molecule has 0 bridgehead atoms. The number of aryl methyl sites for hydroxylation is 4. The number of nitrogens with zero attached hydrogens (tertiary/aromatic N) is 3. The number of thiophene rings is 2. The van der Waals surface area contributed by atoms with Gasteiger partial charge >= 0.3 is 0 Å². The zero-order valence-corrected chi connectivity index (χ0v) is 21.4. The van der Waals surface area contributed by atoms with Crippen molar-refractivity contribution in [2.45, 2.75) is 44.7 Å². The van der Waals surface area contributed by atoms with Crippen LogP contribution >= 0.6 is 34.4 Å². The molecule has 9 heteroatoms. The highest BCUT2D eigenvalue weighted by atomic mass is 32.2. The van der Waals surface area contributed by atoms with Gasteiger partial charge in [-0.15, -0.1) is 22.7 Å². The Labute approximate surface area is 209 Å². The van der Waals surface area contributed by atoms with Crippen molar-refractivity contribution in [2.24, 2.45) is 5.10 Å². The second-order valence-electron chi connectivity index (χ2n) is 8.31. The summed E-state index contributed by atoms with van der Waals surface area (Å²) in [6, 6.07) is 9.84. The minimum Gasteiger partial charge on any atom is -0.272 e. The SMILES string of the molecule is Cc1ccc(-n2c(SCC(=O)NN=Cc3sccc3C)nc3sc4c(c3c2=O)CCCC4)cc1. The highest BCUT2D eigenvalue weighted by molar-refractivity contribution is 7.99. The van der Waals surface area contributed by atoms with E-state index in [-0.39, 0.29) is 17.2 Å². The largest absolute Gasteiger partial charge is 0.272 e. The molecule has 1 amide bonds. The summed E-state index contributed by atoms with van der Waals surface area (Å²) >= 11 is 4.45. The molecule has 6 nitrogen and oxygen atoms in total. The summed E-state index contributed by atoms with van der Waals surface area (Å²) in [4.78, 5) is 34.1. The van der Waals surface area contributed by atoms with Crippen molar-refractivity contribution in [1.82, 2.24) is 15.0 Å². The number of rotatable bonds is 6. The lowest BCUT2D eigenvalue weighted by molar-refractivity contribution is -0.118. The number of benzene rings is 1. The lowest BCUT2D eigenvalue weighted by Gasteiger charge is -2.13. The molecule has 4 aromatic rings. The number of amides is 1. The van der Waals surface area contributed by atoms with Gasteiger partial charge in [0.05, 0.1) is 23.0 Å². The molecule has 3 aromatic heterocycles. The second-order valence-corrected chi connectivity index (χ2v) is 11.3. The maximum atomic E-state index is 13.7. The van der Waals surface area contributed by atoms with E-state index in [4.69, 9.17) is 4.98 Å². The molecule has 0 atom stereocenters. The van der Waals surface area contributed by atoms with Crippen LogP contribution in [-0.4, -0.2) is 27.4 Å². The van der Waals surface area contributed by atoms with Crippen molar-refractivity contribution in [2.75, 3.05) is 5.75 Å². The number of carbonyl (C=O) groups excluding carboxylic acids is 1. The molecule has 0 aliphatic heterocycles. The van der Waals surface area contributed by atoms with Gasteiger partial charge in [0.15, 0.2) is 5.16 Å². The third-order valence-electron chi connectivity index (χ3n) is 5.86. The van der Waals surface area contributed by atoms with E-state index < -0.39 is 0 Å². The average Bonchev–Trinajstić information content (AvgIpc) is 3.41. The standard InChI is InChI=1S/C25H24N4O2S3/c1-15-7-9-17(10-8-15)29-24(31)22-18-5-3-4-6-19(18)34-23(22)27-25(29)33-14-21(30)28-26-13-20-16(2)11-12-32-20/h7-13H,3-6,14H2,1-2H3,(H,28,30). The summed E-state index contributed by atoms with van der Waals surface area (Å²) in [7, 11) is 0. The number of carbonyl (C=O) groups is 1. The number of thioether (sulfide) groups is 1. The molecule has 174 valence electrons. The number of hydrogen-bond acceptors (Lipinski definition) is 7. The van der Waals surface area contributed by atoms with Crippen LogP contribution in [0.5, 0.6) is 0 Å². The molecule has 34 heavy (non-hydrogen) atoms.